The number of benzene rings is 2. The van der Waals surface area contributed by atoms with Gasteiger partial charge in [-0.05, 0) is 18.2 Å². The number of aromatic nitrogens is 2. The highest BCUT2D eigenvalue weighted by Gasteiger charge is 2.27. The number of hydrogen-bond acceptors (Lipinski definition) is 6. The summed E-state index contributed by atoms with van der Waals surface area (Å²) in [6, 6.07) is 11.4. The summed E-state index contributed by atoms with van der Waals surface area (Å²) in [5.74, 6) is 0.353. The Morgan fingerprint density at radius 3 is 2.35 bits per heavy atom. The second-order valence-corrected chi connectivity index (χ2v) is 6.57. The molecule has 0 bridgehead atoms. The summed E-state index contributed by atoms with van der Waals surface area (Å²) in [7, 11) is 6.33. The molecule has 162 valence electrons. The average Bonchev–Trinajstić information content (AvgIpc) is 3.22. The maximum absolute atomic E-state index is 12.8. The van der Waals surface area contributed by atoms with Crippen LogP contribution in [0.4, 0.5) is 5.69 Å². The zero-order chi connectivity index (χ0) is 22.4. The minimum absolute atomic E-state index is 0.342. The van der Waals surface area contributed by atoms with Crippen LogP contribution in [0, 0.1) is 0 Å². The molecule has 9 heteroatoms. The molecular weight excluding hydrogens is 400 g/mol. The molecule has 0 saturated carbocycles. The Balaban J connectivity index is 1.86. The van der Waals surface area contributed by atoms with Crippen molar-refractivity contribution in [2.45, 2.75) is 6.04 Å². The molecule has 1 atom stereocenters. The summed E-state index contributed by atoms with van der Waals surface area (Å²) in [6.07, 6.45) is 3.37. The Hall–Kier alpha value is -4.01. The van der Waals surface area contributed by atoms with E-state index in [-0.39, 0.29) is 0 Å². The van der Waals surface area contributed by atoms with Crippen molar-refractivity contribution in [1.29, 1.82) is 0 Å². The molecule has 2 N–H and O–H groups in total. The monoisotopic (exact) mass is 424 g/mol. The summed E-state index contributed by atoms with van der Waals surface area (Å²) >= 11 is 0. The summed E-state index contributed by atoms with van der Waals surface area (Å²) < 4.78 is 17.6. The van der Waals surface area contributed by atoms with Gasteiger partial charge in [0.25, 0.3) is 0 Å². The highest BCUT2D eigenvalue weighted by Crippen LogP contribution is 2.30. The van der Waals surface area contributed by atoms with Crippen molar-refractivity contribution >= 4 is 17.5 Å². The second-order valence-electron chi connectivity index (χ2n) is 6.57. The predicted octanol–water partition coefficient (Wildman–Crippen LogP) is 2.29. The van der Waals surface area contributed by atoms with Crippen LogP contribution in [0.2, 0.25) is 0 Å². The highest BCUT2D eigenvalue weighted by molar-refractivity contribution is 6.39. The predicted molar refractivity (Wildman–Crippen MR) is 114 cm³/mol. The third kappa shape index (κ3) is 4.77. The summed E-state index contributed by atoms with van der Waals surface area (Å²) in [5, 5.41) is 5.32. The number of rotatable bonds is 7. The van der Waals surface area contributed by atoms with Crippen molar-refractivity contribution in [2.24, 2.45) is 7.05 Å². The van der Waals surface area contributed by atoms with Crippen molar-refractivity contribution in [3.63, 3.8) is 0 Å². The van der Waals surface area contributed by atoms with Crippen molar-refractivity contribution in [3.8, 4) is 17.2 Å². The molecule has 2 aromatic carbocycles. The lowest BCUT2D eigenvalue weighted by Crippen LogP contribution is -2.39. The summed E-state index contributed by atoms with van der Waals surface area (Å²) in [6.45, 7) is 0. The molecule has 1 aromatic heterocycles. The Morgan fingerprint density at radius 1 is 0.968 bits per heavy atom. The van der Waals surface area contributed by atoms with Crippen LogP contribution in [-0.4, -0.2) is 42.7 Å². The van der Waals surface area contributed by atoms with E-state index in [9.17, 15) is 9.59 Å². The van der Waals surface area contributed by atoms with Gasteiger partial charge in [0.05, 0.1) is 27.0 Å². The quantitative estimate of drug-likeness (QED) is 0.564. The van der Waals surface area contributed by atoms with Gasteiger partial charge in [0, 0.05) is 31.1 Å². The van der Waals surface area contributed by atoms with Gasteiger partial charge in [0.15, 0.2) is 0 Å². The molecule has 0 radical (unpaired) electrons. The Labute approximate surface area is 180 Å². The number of amides is 2. The Kier molecular flexibility index (Phi) is 6.76. The summed E-state index contributed by atoms with van der Waals surface area (Å²) in [5.41, 5.74) is 1.01. The first-order valence-corrected chi connectivity index (χ1v) is 9.42. The number of carbonyl (C=O) groups excluding carboxylic acids is 2. The molecule has 0 unspecified atom stereocenters. The molecule has 31 heavy (non-hydrogen) atoms. The van der Waals surface area contributed by atoms with E-state index in [1.165, 1.54) is 14.2 Å². The lowest BCUT2D eigenvalue weighted by molar-refractivity contribution is -0.136. The van der Waals surface area contributed by atoms with Crippen molar-refractivity contribution in [2.75, 3.05) is 26.6 Å². The number of nitrogens with zero attached hydrogens (tertiary/aromatic N) is 2. The molecule has 0 aliphatic carbocycles. The van der Waals surface area contributed by atoms with Crippen LogP contribution >= 0.6 is 0 Å². The number of carbonyl (C=O) groups is 2. The molecule has 0 spiro atoms. The first-order chi connectivity index (χ1) is 15.0. The van der Waals surface area contributed by atoms with Crippen LogP contribution < -0.4 is 24.8 Å². The third-order valence-corrected chi connectivity index (χ3v) is 4.71. The lowest BCUT2D eigenvalue weighted by Gasteiger charge is -2.21. The number of para-hydroxylation sites is 1. The lowest BCUT2D eigenvalue weighted by atomic mass is 10.0. The van der Waals surface area contributed by atoms with E-state index in [0.717, 1.165) is 0 Å². The molecule has 3 aromatic rings. The van der Waals surface area contributed by atoms with Crippen LogP contribution in [0.15, 0.2) is 54.9 Å². The van der Waals surface area contributed by atoms with Gasteiger partial charge in [-0.3, -0.25) is 9.59 Å². The van der Waals surface area contributed by atoms with Gasteiger partial charge in [0.2, 0.25) is 0 Å². The van der Waals surface area contributed by atoms with Gasteiger partial charge in [-0.25, -0.2) is 4.98 Å². The topological polar surface area (TPSA) is 104 Å². The van der Waals surface area contributed by atoms with E-state index >= 15 is 0 Å². The van der Waals surface area contributed by atoms with Gasteiger partial charge in [0.1, 0.15) is 29.1 Å². The third-order valence-electron chi connectivity index (χ3n) is 4.71. The first kappa shape index (κ1) is 21.7. The largest absolute Gasteiger partial charge is 0.497 e. The molecule has 0 aliphatic rings. The fraction of sp³-hybridized carbons (Fsp3) is 0.227. The van der Waals surface area contributed by atoms with Gasteiger partial charge in [-0.2, -0.15) is 0 Å². The highest BCUT2D eigenvalue weighted by atomic mass is 16.5. The molecule has 0 saturated heterocycles. The molecular formula is C22H24N4O5. The molecule has 3 rings (SSSR count). The van der Waals surface area contributed by atoms with Crippen LogP contribution in [0.5, 0.6) is 17.2 Å². The van der Waals surface area contributed by atoms with E-state index in [1.807, 2.05) is 18.2 Å². The van der Waals surface area contributed by atoms with Crippen LogP contribution in [0.3, 0.4) is 0 Å². The van der Waals surface area contributed by atoms with Gasteiger partial charge >= 0.3 is 11.8 Å². The van der Waals surface area contributed by atoms with Crippen molar-refractivity contribution < 1.29 is 23.8 Å². The van der Waals surface area contributed by atoms with E-state index < -0.39 is 17.9 Å². The average molecular weight is 424 g/mol. The maximum Gasteiger partial charge on any atom is 0.313 e. The van der Waals surface area contributed by atoms with E-state index in [2.05, 4.69) is 15.6 Å². The zero-order valence-corrected chi connectivity index (χ0v) is 17.7. The minimum atomic E-state index is -0.849. The van der Waals surface area contributed by atoms with Crippen LogP contribution in [0.25, 0.3) is 0 Å². The fourth-order valence-electron chi connectivity index (χ4n) is 3.12. The van der Waals surface area contributed by atoms with E-state index in [0.29, 0.717) is 34.3 Å². The number of hydrogen-bond donors (Lipinski definition) is 2. The standard InChI is InChI=1S/C22H24N4O5/c1-26-12-11-23-20(26)19(15-7-5-6-8-17(15)30-3)25-22(28)21(27)24-16-10-9-14(29-2)13-18(16)31-4/h5-13,19H,1-4H3,(H,24,27)(H,25,28)/t19-/m1/s1. The number of imidazole rings is 1. The summed E-state index contributed by atoms with van der Waals surface area (Å²) in [4.78, 5) is 29.8. The number of methoxy groups -OCH3 is 3. The van der Waals surface area contributed by atoms with Crippen LogP contribution in [0.1, 0.15) is 17.4 Å². The number of anilines is 1. The number of aryl methyl sites for hydroxylation is 1. The maximum atomic E-state index is 12.8. The van der Waals surface area contributed by atoms with Gasteiger partial charge < -0.3 is 29.4 Å². The van der Waals surface area contributed by atoms with E-state index in [1.54, 1.807) is 55.4 Å². The van der Waals surface area contributed by atoms with Gasteiger partial charge in [-0.15, -0.1) is 0 Å². The second kappa shape index (κ2) is 9.66. The fourth-order valence-corrected chi connectivity index (χ4v) is 3.12. The SMILES string of the molecule is COc1ccc(NC(=O)C(=O)N[C@H](c2ccccc2OC)c2nccn2C)c(OC)c1. The molecule has 0 fully saturated rings. The van der Waals surface area contributed by atoms with Crippen molar-refractivity contribution in [3.05, 3.63) is 66.2 Å². The first-order valence-electron chi connectivity index (χ1n) is 9.42. The molecule has 9 nitrogen and oxygen atoms in total. The minimum Gasteiger partial charge on any atom is -0.497 e. The van der Waals surface area contributed by atoms with Crippen LogP contribution in [-0.2, 0) is 16.6 Å². The van der Waals surface area contributed by atoms with E-state index in [4.69, 9.17) is 14.2 Å². The number of nitrogens with one attached hydrogen (secondary N) is 2. The molecule has 1 heterocycles. The number of ether oxygens (including phenoxy) is 3. The Morgan fingerprint density at radius 2 is 1.71 bits per heavy atom. The van der Waals surface area contributed by atoms with Gasteiger partial charge in [-0.1, -0.05) is 18.2 Å². The molecule has 0 aliphatic heterocycles. The molecule has 2 amide bonds. The normalized spacial score (nSPS) is 11.4. The smallest absolute Gasteiger partial charge is 0.313 e. The zero-order valence-electron chi connectivity index (χ0n) is 17.7. The Bertz CT molecular complexity index is 1080. The van der Waals surface area contributed by atoms with Crippen molar-refractivity contribution in [1.82, 2.24) is 14.9 Å².